The summed E-state index contributed by atoms with van der Waals surface area (Å²) in [5, 5.41) is 9.32. The molecule has 0 amide bonds. The Morgan fingerprint density at radius 1 is 1.03 bits per heavy atom. The van der Waals surface area contributed by atoms with Crippen molar-refractivity contribution in [3.8, 4) is 11.8 Å². The van der Waals surface area contributed by atoms with Gasteiger partial charge in [0.05, 0.1) is 11.7 Å². The summed E-state index contributed by atoms with van der Waals surface area (Å²) in [5.74, 6) is 5.94. The Hall–Kier alpha value is -2.35. The predicted octanol–water partition coefficient (Wildman–Crippen LogP) is 6.83. The number of carbonyl (C=O) groups is 1. The van der Waals surface area contributed by atoms with E-state index in [2.05, 4.69) is 77.8 Å². The van der Waals surface area contributed by atoms with Crippen LogP contribution in [-0.4, -0.2) is 20.1 Å². The highest BCUT2D eigenvalue weighted by Crippen LogP contribution is 2.40. The number of rotatable bonds is 6. The van der Waals surface area contributed by atoms with Gasteiger partial charge in [-0.15, -0.1) is 0 Å². The van der Waals surface area contributed by atoms with Gasteiger partial charge in [0, 0.05) is 11.1 Å². The minimum Gasteiger partial charge on any atom is -0.478 e. The lowest BCUT2D eigenvalue weighted by atomic mass is 9.80. The molecule has 0 saturated heterocycles. The average Bonchev–Trinajstić information content (AvgIpc) is 2.69. The molecule has 1 N–H and O–H groups in total. The first kappa shape index (κ1) is 24.9. The van der Waals surface area contributed by atoms with Crippen molar-refractivity contribution >= 4 is 15.0 Å². The van der Waals surface area contributed by atoms with Crippen molar-refractivity contribution in [1.29, 1.82) is 0 Å². The zero-order chi connectivity index (χ0) is 23.3. The van der Waals surface area contributed by atoms with Gasteiger partial charge in [0.15, 0.2) is 0 Å². The zero-order valence-corrected chi connectivity index (χ0v) is 21.1. The molecule has 165 valence electrons. The van der Waals surface area contributed by atoms with E-state index in [9.17, 15) is 9.90 Å². The number of hydrogen-bond acceptors (Lipinski definition) is 2. The second-order valence-electron chi connectivity index (χ2n) is 9.55. The van der Waals surface area contributed by atoms with Crippen molar-refractivity contribution < 1.29 is 14.3 Å². The van der Waals surface area contributed by atoms with E-state index in [0.717, 1.165) is 16.7 Å². The molecule has 0 aliphatic rings. The summed E-state index contributed by atoms with van der Waals surface area (Å²) in [6.45, 7) is 17.4. The van der Waals surface area contributed by atoms with Crippen molar-refractivity contribution in [1.82, 2.24) is 0 Å². The quantitative estimate of drug-likeness (QED) is 0.400. The van der Waals surface area contributed by atoms with Crippen molar-refractivity contribution in [3.05, 3.63) is 69.8 Å². The van der Waals surface area contributed by atoms with E-state index in [4.69, 9.17) is 4.43 Å². The third-order valence-corrected chi connectivity index (χ3v) is 5.91. The second-order valence-corrected chi connectivity index (χ2v) is 11.6. The van der Waals surface area contributed by atoms with Gasteiger partial charge in [-0.1, -0.05) is 59.4 Å². The molecule has 3 nitrogen and oxygen atoms in total. The van der Waals surface area contributed by atoms with E-state index < -0.39 is 15.0 Å². The molecule has 31 heavy (non-hydrogen) atoms. The van der Waals surface area contributed by atoms with E-state index in [0.29, 0.717) is 17.9 Å². The molecule has 1 unspecified atom stereocenters. The van der Waals surface area contributed by atoms with Gasteiger partial charge in [-0.3, -0.25) is 0 Å². The Morgan fingerprint density at radius 2 is 1.61 bits per heavy atom. The summed E-state index contributed by atoms with van der Waals surface area (Å²) in [5.41, 5.74) is 5.46. The molecule has 4 heteroatoms. The van der Waals surface area contributed by atoms with Crippen LogP contribution in [0.2, 0.25) is 13.1 Å². The van der Waals surface area contributed by atoms with Gasteiger partial charge in [0.25, 0.3) is 0 Å². The third-order valence-electron chi connectivity index (χ3n) is 5.20. The minimum absolute atomic E-state index is 0.00120. The van der Waals surface area contributed by atoms with E-state index in [-0.39, 0.29) is 11.5 Å². The highest BCUT2D eigenvalue weighted by atomic mass is 28.3. The van der Waals surface area contributed by atoms with Crippen LogP contribution in [0.1, 0.15) is 91.7 Å². The van der Waals surface area contributed by atoms with Crippen LogP contribution in [0, 0.1) is 17.3 Å². The first-order valence-corrected chi connectivity index (χ1v) is 13.3. The van der Waals surface area contributed by atoms with E-state index in [1.807, 2.05) is 13.0 Å². The smallest absolute Gasteiger partial charge is 0.335 e. The molecule has 0 fully saturated rings. The van der Waals surface area contributed by atoms with Gasteiger partial charge in [0.1, 0.15) is 0 Å². The molecule has 2 aromatic carbocycles. The van der Waals surface area contributed by atoms with Gasteiger partial charge in [-0.25, -0.2) is 4.79 Å². The number of carboxylic acid groups (broad SMARTS) is 1. The van der Waals surface area contributed by atoms with Gasteiger partial charge in [-0.05, 0) is 77.9 Å². The largest absolute Gasteiger partial charge is 0.478 e. The third kappa shape index (κ3) is 6.56. The van der Waals surface area contributed by atoms with Crippen molar-refractivity contribution in [2.24, 2.45) is 5.41 Å². The van der Waals surface area contributed by atoms with Gasteiger partial charge in [-0.2, -0.15) is 0 Å². The molecular weight excluding hydrogens is 400 g/mol. The maximum atomic E-state index is 11.4. The fourth-order valence-corrected chi connectivity index (χ4v) is 4.60. The fraction of sp³-hybridized carbons (Fsp3) is 0.444. The maximum absolute atomic E-state index is 11.4. The predicted molar refractivity (Wildman–Crippen MR) is 130 cm³/mol. The van der Waals surface area contributed by atoms with Gasteiger partial charge < -0.3 is 9.53 Å². The molecule has 0 spiro atoms. The van der Waals surface area contributed by atoms with E-state index in [1.54, 1.807) is 12.1 Å². The number of carboxylic acids is 1. The lowest BCUT2D eigenvalue weighted by molar-refractivity contribution is 0.0695. The van der Waals surface area contributed by atoms with Crippen LogP contribution in [0.3, 0.4) is 0 Å². The van der Waals surface area contributed by atoms with Gasteiger partial charge >= 0.3 is 5.97 Å². The lowest BCUT2D eigenvalue weighted by Gasteiger charge is -2.34. The topological polar surface area (TPSA) is 46.5 Å². The summed E-state index contributed by atoms with van der Waals surface area (Å²) in [6.07, 6.45) is 0.710. The molecule has 0 aliphatic carbocycles. The first-order valence-electron chi connectivity index (χ1n) is 10.9. The highest BCUT2D eigenvalue weighted by Gasteiger charge is 2.30. The summed E-state index contributed by atoms with van der Waals surface area (Å²) in [6, 6.07) is 11.7. The Kier molecular flexibility index (Phi) is 8.28. The lowest BCUT2D eigenvalue weighted by Crippen LogP contribution is -2.27. The molecule has 0 bridgehead atoms. The zero-order valence-electron chi connectivity index (χ0n) is 20.1. The second kappa shape index (κ2) is 10.3. The number of aryl methyl sites for hydroxylation is 1. The molecule has 0 aromatic heterocycles. The fourth-order valence-electron chi connectivity index (χ4n) is 3.65. The molecule has 1 atom stereocenters. The van der Waals surface area contributed by atoms with Crippen LogP contribution in [0.4, 0.5) is 0 Å². The van der Waals surface area contributed by atoms with Crippen molar-refractivity contribution in [3.63, 3.8) is 0 Å². The molecule has 1 radical (unpaired) electrons. The summed E-state index contributed by atoms with van der Waals surface area (Å²) < 4.78 is 6.43. The summed E-state index contributed by atoms with van der Waals surface area (Å²) >= 11 is 0. The number of aromatic carboxylic acids is 1. The SMILES string of the molecule is CCc1cc(C#Cc2ccc(C(O[Si](C)C)C(C)(C)C)c(C(C)C)c2)ccc1C(=O)O. The molecule has 0 aliphatic heterocycles. The normalized spacial score (nSPS) is 12.6. The van der Waals surface area contributed by atoms with Crippen molar-refractivity contribution in [2.75, 3.05) is 0 Å². The average molecular weight is 436 g/mol. The number of benzene rings is 2. The van der Waals surface area contributed by atoms with Crippen LogP contribution in [-0.2, 0) is 10.8 Å². The maximum Gasteiger partial charge on any atom is 0.335 e. The molecule has 0 heterocycles. The monoisotopic (exact) mass is 435 g/mol. The molecular formula is C27H35O3Si. The molecule has 2 aromatic rings. The summed E-state index contributed by atoms with van der Waals surface area (Å²) in [7, 11) is -0.846. The first-order chi connectivity index (χ1) is 14.4. The Balaban J connectivity index is 2.46. The molecule has 0 saturated carbocycles. The molecule has 2 rings (SSSR count). The standard InChI is InChI=1S/C27H35O3Si/c1-9-21-16-19(12-14-22(21)26(28)29)10-11-20-13-15-23(24(17-20)18(2)3)25(27(4,5)6)30-31(7)8/h12-18,25H,9H2,1-8H3,(H,28,29). The van der Waals surface area contributed by atoms with Crippen LogP contribution < -0.4 is 0 Å². The summed E-state index contributed by atoms with van der Waals surface area (Å²) in [4.78, 5) is 11.4. The Bertz CT molecular complexity index is 988. The number of hydrogen-bond donors (Lipinski definition) is 1. The highest BCUT2D eigenvalue weighted by molar-refractivity contribution is 6.48. The van der Waals surface area contributed by atoms with Crippen LogP contribution >= 0.6 is 0 Å². The minimum atomic E-state index is -0.896. The van der Waals surface area contributed by atoms with E-state index in [1.165, 1.54) is 11.1 Å². The van der Waals surface area contributed by atoms with Crippen LogP contribution in [0.25, 0.3) is 0 Å². The Morgan fingerprint density at radius 3 is 2.10 bits per heavy atom. The van der Waals surface area contributed by atoms with E-state index >= 15 is 0 Å². The van der Waals surface area contributed by atoms with Crippen LogP contribution in [0.15, 0.2) is 36.4 Å². The van der Waals surface area contributed by atoms with Gasteiger partial charge in [0.2, 0.25) is 9.04 Å². The Labute approximate surface area is 189 Å². The van der Waals surface area contributed by atoms with Crippen molar-refractivity contribution in [2.45, 2.75) is 73.1 Å². The van der Waals surface area contributed by atoms with Crippen LogP contribution in [0.5, 0.6) is 0 Å².